The Balaban J connectivity index is 1.87. The molecule has 0 unspecified atom stereocenters. The van der Waals surface area contributed by atoms with Crippen molar-refractivity contribution in [1.29, 1.82) is 0 Å². The van der Waals surface area contributed by atoms with Gasteiger partial charge < -0.3 is 20.3 Å². The number of amides is 1. The highest BCUT2D eigenvalue weighted by Crippen LogP contribution is 2.22. The Morgan fingerprint density at radius 2 is 2.21 bits per heavy atom. The maximum absolute atomic E-state index is 12.4. The lowest BCUT2D eigenvalue weighted by Crippen LogP contribution is -2.38. The molecule has 2 aromatic rings. The number of carbonyl (C=O) groups excluding carboxylic acids is 1. The molecule has 0 saturated heterocycles. The molecule has 1 aromatic heterocycles. The van der Waals surface area contributed by atoms with Crippen LogP contribution in [0.5, 0.6) is 5.75 Å². The van der Waals surface area contributed by atoms with Crippen LogP contribution < -0.4 is 5.73 Å². The van der Waals surface area contributed by atoms with Crippen LogP contribution in [-0.4, -0.2) is 32.0 Å². The van der Waals surface area contributed by atoms with Crippen molar-refractivity contribution in [2.24, 2.45) is 0 Å². The maximum Gasteiger partial charge on any atom is 0.256 e. The van der Waals surface area contributed by atoms with E-state index >= 15 is 0 Å². The molecule has 0 saturated carbocycles. The first-order valence-electron chi connectivity index (χ1n) is 6.03. The van der Waals surface area contributed by atoms with Gasteiger partial charge in [-0.25, -0.2) is 4.98 Å². The number of hydrogen-bond acceptors (Lipinski definition) is 4. The van der Waals surface area contributed by atoms with Gasteiger partial charge >= 0.3 is 0 Å². The molecule has 0 radical (unpaired) electrons. The number of phenolic OH excluding ortho intramolecular Hbond substituents is 1. The number of fused-ring (bicyclic) bond motifs is 1. The molecule has 1 aliphatic rings. The van der Waals surface area contributed by atoms with Gasteiger partial charge in [0.05, 0.1) is 12.1 Å². The third-order valence-corrected chi connectivity index (χ3v) is 3.30. The number of phenols is 1. The summed E-state index contributed by atoms with van der Waals surface area (Å²) in [6.45, 7) is 1.79. The van der Waals surface area contributed by atoms with E-state index in [-0.39, 0.29) is 11.7 Å². The van der Waals surface area contributed by atoms with Crippen LogP contribution in [0.1, 0.15) is 16.2 Å². The van der Waals surface area contributed by atoms with Gasteiger partial charge in [0.15, 0.2) is 0 Å². The summed E-state index contributed by atoms with van der Waals surface area (Å²) in [5.41, 5.74) is 6.50. The minimum Gasteiger partial charge on any atom is -0.508 e. The van der Waals surface area contributed by atoms with E-state index in [0.29, 0.717) is 24.3 Å². The summed E-state index contributed by atoms with van der Waals surface area (Å²) in [4.78, 5) is 18.3. The largest absolute Gasteiger partial charge is 0.508 e. The molecular weight excluding hydrogens is 244 g/mol. The first kappa shape index (κ1) is 11.6. The Kier molecular flexibility index (Phi) is 2.63. The van der Waals surface area contributed by atoms with Crippen LogP contribution >= 0.6 is 0 Å². The number of anilines is 1. The summed E-state index contributed by atoms with van der Waals surface area (Å²) in [6, 6.07) is 4.40. The molecule has 1 aromatic carbocycles. The van der Waals surface area contributed by atoms with Crippen LogP contribution in [0, 0.1) is 0 Å². The number of hydrogen-bond donors (Lipinski definition) is 2. The Morgan fingerprint density at radius 3 is 3.05 bits per heavy atom. The number of nitrogen functional groups attached to an aromatic ring is 1. The third-order valence-electron chi connectivity index (χ3n) is 3.30. The molecule has 98 valence electrons. The predicted molar refractivity (Wildman–Crippen MR) is 69.5 cm³/mol. The van der Waals surface area contributed by atoms with E-state index in [2.05, 4.69) is 4.98 Å². The van der Waals surface area contributed by atoms with Crippen LogP contribution in [0.4, 0.5) is 5.69 Å². The van der Waals surface area contributed by atoms with Crippen molar-refractivity contribution < 1.29 is 9.90 Å². The highest BCUT2D eigenvalue weighted by Gasteiger charge is 2.23. The average Bonchev–Trinajstić information content (AvgIpc) is 2.88. The van der Waals surface area contributed by atoms with Crippen molar-refractivity contribution in [2.45, 2.75) is 13.1 Å². The molecule has 6 nitrogen and oxygen atoms in total. The molecule has 0 bridgehead atoms. The zero-order valence-electron chi connectivity index (χ0n) is 10.3. The molecular formula is C13H14N4O2. The fourth-order valence-corrected chi connectivity index (χ4v) is 2.25. The summed E-state index contributed by atoms with van der Waals surface area (Å²) < 4.78 is 2.02. The number of aromatic hydroxyl groups is 1. The van der Waals surface area contributed by atoms with Crippen LogP contribution in [0.3, 0.4) is 0 Å². The van der Waals surface area contributed by atoms with Crippen molar-refractivity contribution in [3.8, 4) is 5.75 Å². The highest BCUT2D eigenvalue weighted by molar-refractivity contribution is 5.99. The topological polar surface area (TPSA) is 84.4 Å². The van der Waals surface area contributed by atoms with E-state index in [0.717, 1.165) is 12.4 Å². The van der Waals surface area contributed by atoms with E-state index < -0.39 is 0 Å². The first-order chi connectivity index (χ1) is 9.15. The maximum atomic E-state index is 12.4. The average molecular weight is 258 g/mol. The highest BCUT2D eigenvalue weighted by atomic mass is 16.3. The van der Waals surface area contributed by atoms with Crippen molar-refractivity contribution in [3.63, 3.8) is 0 Å². The summed E-state index contributed by atoms with van der Waals surface area (Å²) in [5, 5.41) is 9.47. The molecule has 3 N–H and O–H groups in total. The Labute approximate surface area is 110 Å². The van der Waals surface area contributed by atoms with Crippen molar-refractivity contribution in [2.75, 3.05) is 12.3 Å². The number of carbonyl (C=O) groups is 1. The lowest BCUT2D eigenvalue weighted by atomic mass is 10.1. The van der Waals surface area contributed by atoms with Crippen molar-refractivity contribution >= 4 is 11.6 Å². The molecule has 6 heteroatoms. The smallest absolute Gasteiger partial charge is 0.256 e. The van der Waals surface area contributed by atoms with Gasteiger partial charge in [0.1, 0.15) is 11.6 Å². The monoisotopic (exact) mass is 258 g/mol. The number of benzene rings is 1. The summed E-state index contributed by atoms with van der Waals surface area (Å²) in [7, 11) is 0. The van der Waals surface area contributed by atoms with Crippen LogP contribution in [0.25, 0.3) is 0 Å². The Bertz CT molecular complexity index is 635. The molecule has 0 fully saturated rings. The second-order valence-electron chi connectivity index (χ2n) is 4.54. The second-order valence-corrected chi connectivity index (χ2v) is 4.54. The van der Waals surface area contributed by atoms with E-state index in [1.165, 1.54) is 18.2 Å². The molecule has 0 atom stereocenters. The molecule has 0 spiro atoms. The quantitative estimate of drug-likeness (QED) is 0.586. The number of aromatic nitrogens is 2. The van der Waals surface area contributed by atoms with Crippen molar-refractivity contribution in [1.82, 2.24) is 14.5 Å². The van der Waals surface area contributed by atoms with Gasteiger partial charge in [0.2, 0.25) is 0 Å². The van der Waals surface area contributed by atoms with Crippen LogP contribution in [0.15, 0.2) is 30.6 Å². The molecule has 19 heavy (non-hydrogen) atoms. The van der Waals surface area contributed by atoms with Gasteiger partial charge in [-0.2, -0.15) is 0 Å². The van der Waals surface area contributed by atoms with Gasteiger partial charge in [-0.15, -0.1) is 0 Å². The SMILES string of the molecule is Nc1ccc(O)cc1C(=O)N1CCn2ccnc2C1. The van der Waals surface area contributed by atoms with Crippen LogP contribution in [-0.2, 0) is 13.1 Å². The summed E-state index contributed by atoms with van der Waals surface area (Å²) >= 11 is 0. The van der Waals surface area contributed by atoms with Gasteiger partial charge in [-0.1, -0.05) is 0 Å². The zero-order valence-corrected chi connectivity index (χ0v) is 10.3. The minimum absolute atomic E-state index is 0.0380. The fourth-order valence-electron chi connectivity index (χ4n) is 2.25. The van der Waals surface area contributed by atoms with E-state index in [1.54, 1.807) is 11.1 Å². The number of nitrogens with two attached hydrogens (primary N) is 1. The Hall–Kier alpha value is -2.50. The van der Waals surface area contributed by atoms with E-state index in [9.17, 15) is 9.90 Å². The summed E-state index contributed by atoms with van der Waals surface area (Å²) in [5.74, 6) is 0.719. The summed E-state index contributed by atoms with van der Waals surface area (Å²) in [6.07, 6.45) is 3.63. The van der Waals surface area contributed by atoms with Gasteiger partial charge in [-0.3, -0.25) is 4.79 Å². The Morgan fingerprint density at radius 1 is 1.37 bits per heavy atom. The lowest BCUT2D eigenvalue weighted by Gasteiger charge is -2.28. The molecule has 1 aliphatic heterocycles. The third kappa shape index (κ3) is 2.01. The predicted octanol–water partition coefficient (Wildman–Crippen LogP) is 0.827. The van der Waals surface area contributed by atoms with E-state index in [4.69, 9.17) is 5.73 Å². The number of nitrogens with zero attached hydrogens (tertiary/aromatic N) is 3. The number of imidazole rings is 1. The van der Waals surface area contributed by atoms with Crippen molar-refractivity contribution in [3.05, 3.63) is 42.0 Å². The standard InChI is InChI=1S/C13H14N4O2/c14-11-2-1-9(18)7-10(11)13(19)17-6-5-16-4-3-15-12(16)8-17/h1-4,7,18H,5-6,8,14H2. The zero-order chi connectivity index (χ0) is 13.4. The molecule has 3 rings (SSSR count). The normalized spacial score (nSPS) is 14.2. The lowest BCUT2D eigenvalue weighted by molar-refractivity contribution is 0.0708. The molecule has 2 heterocycles. The first-order valence-corrected chi connectivity index (χ1v) is 6.03. The van der Waals surface area contributed by atoms with Gasteiger partial charge in [0.25, 0.3) is 5.91 Å². The number of rotatable bonds is 1. The van der Waals surface area contributed by atoms with Gasteiger partial charge in [-0.05, 0) is 18.2 Å². The van der Waals surface area contributed by atoms with E-state index in [1.807, 2.05) is 10.8 Å². The molecule has 0 aliphatic carbocycles. The van der Waals surface area contributed by atoms with Crippen LogP contribution in [0.2, 0.25) is 0 Å². The van der Waals surface area contributed by atoms with Gasteiger partial charge in [0, 0.05) is 31.2 Å². The molecule has 1 amide bonds. The second kappa shape index (κ2) is 4.31. The minimum atomic E-state index is -0.178. The fraction of sp³-hybridized carbons (Fsp3) is 0.231.